The van der Waals surface area contributed by atoms with Gasteiger partial charge in [0.1, 0.15) is 0 Å². The van der Waals surface area contributed by atoms with E-state index in [0.29, 0.717) is 35.3 Å². The predicted molar refractivity (Wildman–Crippen MR) is 157 cm³/mol. The van der Waals surface area contributed by atoms with Crippen LogP contribution in [-0.2, 0) is 14.4 Å². The van der Waals surface area contributed by atoms with Crippen LogP contribution in [0.3, 0.4) is 0 Å². The molecule has 3 amide bonds. The van der Waals surface area contributed by atoms with Gasteiger partial charge in [-0.15, -0.1) is 0 Å². The maximum Gasteiger partial charge on any atom is 0.227 e. The van der Waals surface area contributed by atoms with Gasteiger partial charge in [0.05, 0.1) is 0 Å². The zero-order valence-corrected chi connectivity index (χ0v) is 24.8. The van der Waals surface area contributed by atoms with Crippen molar-refractivity contribution >= 4 is 34.8 Å². The molecule has 0 saturated heterocycles. The van der Waals surface area contributed by atoms with Crippen LogP contribution < -0.4 is 16.0 Å². The van der Waals surface area contributed by atoms with E-state index in [1.54, 1.807) is 12.1 Å². The molecule has 6 nitrogen and oxygen atoms in total. The zero-order chi connectivity index (χ0) is 28.1. The van der Waals surface area contributed by atoms with E-state index in [0.717, 1.165) is 57.8 Å². The summed E-state index contributed by atoms with van der Waals surface area (Å²) in [6.45, 7) is 15.6. The third-order valence-electron chi connectivity index (χ3n) is 8.87. The summed E-state index contributed by atoms with van der Waals surface area (Å²) in [5.41, 5.74) is 2.34. The first kappa shape index (κ1) is 30.2. The average Bonchev–Trinajstić information content (AvgIpc) is 2.83. The minimum absolute atomic E-state index is 0.0111. The molecule has 2 aliphatic carbocycles. The van der Waals surface area contributed by atoms with Crippen LogP contribution in [0.2, 0.25) is 0 Å². The lowest BCUT2D eigenvalue weighted by Gasteiger charge is -2.36. The van der Waals surface area contributed by atoms with E-state index in [2.05, 4.69) is 57.5 Å². The molecule has 3 rings (SSSR count). The number of benzene rings is 1. The molecule has 2 fully saturated rings. The SMILES string of the molecule is CCCC(=O)Nc1cc(NC(=O)[C@H]2CC[C@H](C(C)(C)C)CC2)cc(NC(=O)[C@H]2CC[C@H](C(C)(C)C)CC2)c1. The first-order chi connectivity index (χ1) is 17.8. The Kier molecular flexibility index (Phi) is 10.0. The summed E-state index contributed by atoms with van der Waals surface area (Å²) in [6.07, 6.45) is 8.99. The van der Waals surface area contributed by atoms with Gasteiger partial charge < -0.3 is 16.0 Å². The fourth-order valence-corrected chi connectivity index (χ4v) is 6.23. The van der Waals surface area contributed by atoms with E-state index in [4.69, 9.17) is 0 Å². The number of amides is 3. The van der Waals surface area contributed by atoms with Crippen LogP contribution >= 0.6 is 0 Å². The molecule has 2 saturated carbocycles. The molecule has 212 valence electrons. The van der Waals surface area contributed by atoms with Crippen molar-refractivity contribution in [2.24, 2.45) is 34.5 Å². The lowest BCUT2D eigenvalue weighted by Crippen LogP contribution is -2.32. The first-order valence-electron chi connectivity index (χ1n) is 14.8. The molecule has 1 aromatic carbocycles. The second-order valence-corrected chi connectivity index (χ2v) is 13.9. The van der Waals surface area contributed by atoms with Gasteiger partial charge in [-0.25, -0.2) is 0 Å². The van der Waals surface area contributed by atoms with Crippen LogP contribution in [0.5, 0.6) is 0 Å². The summed E-state index contributed by atoms with van der Waals surface area (Å²) in [4.78, 5) is 38.6. The van der Waals surface area contributed by atoms with Gasteiger partial charge in [-0.05, 0) is 98.7 Å². The highest BCUT2D eigenvalue weighted by atomic mass is 16.2. The molecule has 2 aliphatic rings. The molecule has 0 radical (unpaired) electrons. The highest BCUT2D eigenvalue weighted by Crippen LogP contribution is 2.41. The number of rotatable bonds is 7. The van der Waals surface area contributed by atoms with Gasteiger partial charge in [-0.3, -0.25) is 14.4 Å². The molecule has 0 spiro atoms. The van der Waals surface area contributed by atoms with Crippen molar-refractivity contribution in [2.75, 3.05) is 16.0 Å². The summed E-state index contributed by atoms with van der Waals surface area (Å²) in [5.74, 6) is 1.23. The van der Waals surface area contributed by atoms with E-state index in [1.807, 2.05) is 13.0 Å². The Hall–Kier alpha value is -2.37. The normalized spacial score (nSPS) is 24.4. The van der Waals surface area contributed by atoms with Crippen molar-refractivity contribution < 1.29 is 14.4 Å². The molecule has 0 unspecified atom stereocenters. The summed E-state index contributed by atoms with van der Waals surface area (Å²) in [7, 11) is 0. The second-order valence-electron chi connectivity index (χ2n) is 13.9. The summed E-state index contributed by atoms with van der Waals surface area (Å²) < 4.78 is 0. The van der Waals surface area contributed by atoms with Crippen molar-refractivity contribution in [3.8, 4) is 0 Å². The summed E-state index contributed by atoms with van der Waals surface area (Å²) >= 11 is 0. The van der Waals surface area contributed by atoms with E-state index >= 15 is 0 Å². The van der Waals surface area contributed by atoms with Gasteiger partial charge in [0.2, 0.25) is 17.7 Å². The Bertz CT molecular complexity index is 906. The lowest BCUT2D eigenvalue weighted by molar-refractivity contribution is -0.122. The standard InChI is InChI=1S/C32H51N3O3/c1-8-9-28(36)33-25-18-26(34-29(37)21-10-14-23(15-11-21)31(2,3)4)20-27(19-25)35-30(38)22-12-16-24(17-13-22)32(5,6)7/h18-24H,8-17H2,1-7H3,(H,33,36)(H,34,37)(H,35,38)/t21-,22-,23-,24-. The van der Waals surface area contributed by atoms with Crippen molar-refractivity contribution in [2.45, 2.75) is 113 Å². The maximum absolute atomic E-state index is 13.2. The molecular weight excluding hydrogens is 474 g/mol. The highest BCUT2D eigenvalue weighted by molar-refractivity contribution is 5.98. The number of anilines is 3. The molecule has 0 bridgehead atoms. The third kappa shape index (κ3) is 8.57. The fourth-order valence-electron chi connectivity index (χ4n) is 6.23. The van der Waals surface area contributed by atoms with Crippen LogP contribution in [0.15, 0.2) is 18.2 Å². The van der Waals surface area contributed by atoms with E-state index in [-0.39, 0.29) is 40.4 Å². The lowest BCUT2D eigenvalue weighted by atomic mass is 9.69. The Balaban J connectivity index is 1.69. The van der Waals surface area contributed by atoms with E-state index in [9.17, 15) is 14.4 Å². The highest BCUT2D eigenvalue weighted by Gasteiger charge is 2.33. The van der Waals surface area contributed by atoms with Crippen LogP contribution in [-0.4, -0.2) is 17.7 Å². The molecule has 0 atom stereocenters. The fraction of sp³-hybridized carbons (Fsp3) is 0.719. The van der Waals surface area contributed by atoms with Crippen LogP contribution in [0, 0.1) is 34.5 Å². The monoisotopic (exact) mass is 525 g/mol. The molecule has 6 heteroatoms. The maximum atomic E-state index is 13.2. The molecule has 0 heterocycles. The zero-order valence-electron chi connectivity index (χ0n) is 24.8. The van der Waals surface area contributed by atoms with Gasteiger partial charge >= 0.3 is 0 Å². The second kappa shape index (κ2) is 12.7. The minimum atomic E-state index is -0.0748. The number of hydrogen-bond acceptors (Lipinski definition) is 3. The van der Waals surface area contributed by atoms with Crippen molar-refractivity contribution in [1.29, 1.82) is 0 Å². The van der Waals surface area contributed by atoms with Gasteiger partial charge in [0, 0.05) is 35.3 Å². The molecule has 38 heavy (non-hydrogen) atoms. The Labute approximate surface area is 230 Å². The Morgan fingerprint density at radius 3 is 1.29 bits per heavy atom. The van der Waals surface area contributed by atoms with Crippen LogP contribution in [0.4, 0.5) is 17.1 Å². The average molecular weight is 526 g/mol. The predicted octanol–water partition coefficient (Wildman–Crippen LogP) is 8.01. The molecule has 0 aliphatic heterocycles. The van der Waals surface area contributed by atoms with Gasteiger partial charge in [0.25, 0.3) is 0 Å². The quantitative estimate of drug-likeness (QED) is 0.337. The number of nitrogens with one attached hydrogen (secondary N) is 3. The Morgan fingerprint density at radius 1 is 0.632 bits per heavy atom. The van der Waals surface area contributed by atoms with Crippen LogP contribution in [0.1, 0.15) is 113 Å². The van der Waals surface area contributed by atoms with Gasteiger partial charge in [-0.2, -0.15) is 0 Å². The number of carbonyl (C=O) groups is 3. The smallest absolute Gasteiger partial charge is 0.227 e. The first-order valence-corrected chi connectivity index (χ1v) is 14.8. The van der Waals surface area contributed by atoms with Crippen LogP contribution in [0.25, 0.3) is 0 Å². The molecule has 1 aromatic rings. The summed E-state index contributed by atoms with van der Waals surface area (Å²) in [5, 5.41) is 9.10. The topological polar surface area (TPSA) is 87.3 Å². The van der Waals surface area contributed by atoms with Crippen molar-refractivity contribution in [3.05, 3.63) is 18.2 Å². The number of hydrogen-bond donors (Lipinski definition) is 3. The van der Waals surface area contributed by atoms with Crippen molar-refractivity contribution in [3.63, 3.8) is 0 Å². The molecular formula is C32H51N3O3. The molecule has 3 N–H and O–H groups in total. The van der Waals surface area contributed by atoms with Gasteiger partial charge in [-0.1, -0.05) is 48.5 Å². The third-order valence-corrected chi connectivity index (χ3v) is 8.87. The minimum Gasteiger partial charge on any atom is -0.326 e. The van der Waals surface area contributed by atoms with E-state index in [1.165, 1.54) is 0 Å². The Morgan fingerprint density at radius 2 is 0.974 bits per heavy atom. The van der Waals surface area contributed by atoms with Gasteiger partial charge in [0.15, 0.2) is 0 Å². The number of carbonyl (C=O) groups excluding carboxylic acids is 3. The summed E-state index contributed by atoms with van der Waals surface area (Å²) in [6, 6.07) is 5.39. The largest absolute Gasteiger partial charge is 0.326 e. The van der Waals surface area contributed by atoms with Crippen molar-refractivity contribution in [1.82, 2.24) is 0 Å². The van der Waals surface area contributed by atoms with E-state index < -0.39 is 0 Å². The molecule has 0 aromatic heterocycles.